The molecule has 0 spiro atoms. The van der Waals surface area contributed by atoms with E-state index in [2.05, 4.69) is 49.0 Å². The topological polar surface area (TPSA) is 191 Å². The van der Waals surface area contributed by atoms with Crippen LogP contribution in [0.4, 0.5) is 9.59 Å². The van der Waals surface area contributed by atoms with Gasteiger partial charge in [-0.1, -0.05) is 0 Å². The normalized spacial score (nSPS) is 18.1. The number of hydrogen-bond acceptors (Lipinski definition) is 12. The lowest BCUT2D eigenvalue weighted by Crippen LogP contribution is -2.47. The van der Waals surface area contributed by atoms with Crippen LogP contribution in [0.5, 0.6) is 0 Å². The molecule has 14 nitrogen and oxygen atoms in total. The molecule has 0 saturated heterocycles. The highest BCUT2D eigenvalue weighted by atomic mass is 16.6. The van der Waals surface area contributed by atoms with Crippen molar-refractivity contribution in [1.82, 2.24) is 16.1 Å². The number of ether oxygens (including phenoxy) is 2. The summed E-state index contributed by atoms with van der Waals surface area (Å²) in [6.45, 7) is 6.79. The van der Waals surface area contributed by atoms with Crippen LogP contribution in [0, 0.1) is 0 Å². The van der Waals surface area contributed by atoms with Gasteiger partial charge in [0.2, 0.25) is 0 Å². The Balaban J connectivity index is 2.00. The summed E-state index contributed by atoms with van der Waals surface area (Å²) in [6, 6.07) is -0.702. The maximum absolute atomic E-state index is 12.4. The van der Waals surface area contributed by atoms with Gasteiger partial charge in [0, 0.05) is 25.4 Å². The Bertz CT molecular complexity index is 1090. The molecule has 2 amide bonds. The molecular formula is C25H31N5O9. The van der Waals surface area contributed by atoms with Crippen molar-refractivity contribution in [2.75, 3.05) is 20.8 Å². The number of alkyl carbamates (subject to hydrolysis) is 2. The number of hydrogen-bond donors (Lipinski definition) is 3. The smallest absolute Gasteiger partial charge is 0.411 e. The molecule has 2 aliphatic rings. The molecule has 210 valence electrons. The Hall–Kier alpha value is -4.46. The predicted molar refractivity (Wildman–Crippen MR) is 138 cm³/mol. The number of allylic oxidation sites excluding steroid dienone is 1. The minimum absolute atomic E-state index is 0.00103. The summed E-state index contributed by atoms with van der Waals surface area (Å²) < 4.78 is 9.27. The third-order valence-corrected chi connectivity index (χ3v) is 6.31. The number of nitrogens with one attached hydrogen (secondary N) is 3. The third kappa shape index (κ3) is 7.31. The molecule has 0 heterocycles. The molecular weight excluding hydrogens is 514 g/mol. The molecule has 14 heteroatoms. The molecule has 0 bridgehead atoms. The number of nitrogens with zero attached hydrogens (tertiary/aromatic N) is 2. The van der Waals surface area contributed by atoms with Gasteiger partial charge in [0.1, 0.15) is 6.26 Å². The van der Waals surface area contributed by atoms with Crippen molar-refractivity contribution in [2.24, 2.45) is 9.98 Å². The zero-order valence-corrected chi connectivity index (χ0v) is 21.7. The number of methoxy groups -OCH3 is 2. The average Bonchev–Trinajstić information content (AvgIpc) is 3.37. The van der Waals surface area contributed by atoms with Gasteiger partial charge >= 0.3 is 12.2 Å². The first-order valence-electron chi connectivity index (χ1n) is 11.8. The van der Waals surface area contributed by atoms with Gasteiger partial charge in [0.05, 0.1) is 19.9 Å². The van der Waals surface area contributed by atoms with Crippen LogP contribution in [0.2, 0.25) is 0 Å². The van der Waals surface area contributed by atoms with Crippen molar-refractivity contribution in [1.29, 1.82) is 0 Å². The molecule has 39 heavy (non-hydrogen) atoms. The maximum atomic E-state index is 12.4. The molecule has 0 saturated carbocycles. The van der Waals surface area contributed by atoms with Crippen LogP contribution < -0.4 is 16.1 Å². The first-order chi connectivity index (χ1) is 18.6. The fourth-order valence-electron chi connectivity index (χ4n) is 4.08. The van der Waals surface area contributed by atoms with Crippen LogP contribution in [0.1, 0.15) is 32.1 Å². The lowest BCUT2D eigenvalue weighted by atomic mass is 9.85. The van der Waals surface area contributed by atoms with E-state index in [1.165, 1.54) is 20.5 Å². The van der Waals surface area contributed by atoms with Gasteiger partial charge < -0.3 is 19.6 Å². The van der Waals surface area contributed by atoms with Crippen LogP contribution in [0.25, 0.3) is 0 Å². The van der Waals surface area contributed by atoms with Gasteiger partial charge in [-0.2, -0.15) is 5.48 Å². The van der Waals surface area contributed by atoms with Crippen molar-refractivity contribution in [3.63, 3.8) is 0 Å². The van der Waals surface area contributed by atoms with E-state index in [1.807, 2.05) is 0 Å². The molecule has 0 aromatic rings. The maximum Gasteiger partial charge on any atom is 0.411 e. The number of carbonyl (C=O) groups is 6. The fraction of sp³-hybridized carbons (Fsp3) is 0.440. The van der Waals surface area contributed by atoms with Crippen molar-refractivity contribution < 1.29 is 43.1 Å². The Morgan fingerprint density at radius 2 is 1.46 bits per heavy atom. The summed E-state index contributed by atoms with van der Waals surface area (Å²) in [7, 11) is 2.36. The molecule has 0 aromatic carbocycles. The molecule has 1 atom stereocenters. The van der Waals surface area contributed by atoms with Gasteiger partial charge in [-0.05, 0) is 57.0 Å². The molecule has 0 aliphatic heterocycles. The van der Waals surface area contributed by atoms with Gasteiger partial charge in [0.15, 0.2) is 34.2 Å². The first kappa shape index (κ1) is 30.8. The molecule has 0 aromatic heterocycles. The number of rotatable bonds is 15. The van der Waals surface area contributed by atoms with E-state index in [0.29, 0.717) is 6.42 Å². The van der Waals surface area contributed by atoms with Crippen LogP contribution in [0.3, 0.4) is 0 Å². The third-order valence-electron chi connectivity index (χ3n) is 6.31. The monoisotopic (exact) mass is 545 g/mol. The summed E-state index contributed by atoms with van der Waals surface area (Å²) in [4.78, 5) is 85.2. The Labute approximate surface area is 224 Å². The number of aliphatic imine (C=N–C) groups is 2. The minimum Gasteiger partial charge on any atom is -0.453 e. The summed E-state index contributed by atoms with van der Waals surface area (Å²) in [6.07, 6.45) is 4.90. The van der Waals surface area contributed by atoms with Crippen LogP contribution >= 0.6 is 0 Å². The lowest BCUT2D eigenvalue weighted by Gasteiger charge is -2.27. The molecule has 1 unspecified atom stereocenters. The van der Waals surface area contributed by atoms with Gasteiger partial charge in [-0.15, -0.1) is 0 Å². The SMILES string of the molecule is C=NC1(CCNO/C=C(\CCCC(CC2(N=C)C(=O)C=CC2=O)NC(=O)OC)NC(=O)OC)C(=O)C=CC1=O. The van der Waals surface area contributed by atoms with Crippen molar-refractivity contribution in [2.45, 2.75) is 49.2 Å². The standard InChI is InChI=1S/C25H31N5O9/c1-26-24(18(31)8-9-19(24)32)12-13-28-39-15-17(30-23(36)38-4)7-5-6-16(29-22(35)37-3)14-25(27-2)20(33)10-11-21(25)34/h8-11,15-16,28H,1-2,5-7,12-14H2,3-4H3,(H,29,35)(H,30,36)/b17-15+. The largest absolute Gasteiger partial charge is 0.453 e. The van der Waals surface area contributed by atoms with E-state index in [4.69, 9.17) is 4.84 Å². The quantitative estimate of drug-likeness (QED) is 0.0866. The highest BCUT2D eigenvalue weighted by Crippen LogP contribution is 2.28. The van der Waals surface area contributed by atoms with E-state index in [1.54, 1.807) is 0 Å². The number of ketones is 4. The summed E-state index contributed by atoms with van der Waals surface area (Å²) in [5, 5.41) is 5.08. The summed E-state index contributed by atoms with van der Waals surface area (Å²) in [5.41, 5.74) is -0.449. The molecule has 0 radical (unpaired) electrons. The van der Waals surface area contributed by atoms with Gasteiger partial charge in [0.25, 0.3) is 0 Å². The number of amides is 2. The van der Waals surface area contributed by atoms with Gasteiger partial charge in [-0.25, -0.2) is 9.59 Å². The summed E-state index contributed by atoms with van der Waals surface area (Å²) in [5.74, 6) is -1.99. The van der Waals surface area contributed by atoms with Crippen LogP contribution in [0.15, 0.2) is 46.2 Å². The van der Waals surface area contributed by atoms with Crippen molar-refractivity contribution >= 4 is 48.8 Å². The molecule has 2 rings (SSSR count). The molecule has 0 fully saturated rings. The minimum atomic E-state index is -1.73. The lowest BCUT2D eigenvalue weighted by molar-refractivity contribution is -0.129. The van der Waals surface area contributed by atoms with Crippen molar-refractivity contribution in [3.05, 3.63) is 36.3 Å². The summed E-state index contributed by atoms with van der Waals surface area (Å²) >= 11 is 0. The van der Waals surface area contributed by atoms with E-state index in [9.17, 15) is 28.8 Å². The second-order valence-corrected chi connectivity index (χ2v) is 8.61. The second kappa shape index (κ2) is 13.9. The Morgan fingerprint density at radius 1 is 0.923 bits per heavy atom. The Morgan fingerprint density at radius 3 is 1.97 bits per heavy atom. The fourth-order valence-corrected chi connectivity index (χ4v) is 4.08. The molecule has 3 N–H and O–H groups in total. The predicted octanol–water partition coefficient (Wildman–Crippen LogP) is 0.675. The average molecular weight is 546 g/mol. The van der Waals surface area contributed by atoms with E-state index < -0.39 is 52.4 Å². The number of carbonyl (C=O) groups excluding carboxylic acids is 6. The van der Waals surface area contributed by atoms with Crippen LogP contribution in [-0.4, -0.2) is 86.6 Å². The highest BCUT2D eigenvalue weighted by molar-refractivity contribution is 6.27. The zero-order chi connectivity index (χ0) is 29.1. The highest BCUT2D eigenvalue weighted by Gasteiger charge is 2.47. The van der Waals surface area contributed by atoms with E-state index >= 15 is 0 Å². The Kier molecular flexibility index (Phi) is 11.0. The van der Waals surface area contributed by atoms with Crippen molar-refractivity contribution in [3.8, 4) is 0 Å². The second-order valence-electron chi connectivity index (χ2n) is 8.61. The molecule has 2 aliphatic carbocycles. The van der Waals surface area contributed by atoms with Crippen LogP contribution in [-0.2, 0) is 33.5 Å². The van der Waals surface area contributed by atoms with E-state index in [0.717, 1.165) is 24.3 Å². The van der Waals surface area contributed by atoms with E-state index in [-0.39, 0.29) is 37.9 Å². The van der Waals surface area contributed by atoms with Gasteiger partial charge in [-0.3, -0.25) is 34.5 Å². The number of hydroxylamine groups is 1. The zero-order valence-electron chi connectivity index (χ0n) is 21.7. The first-order valence-corrected chi connectivity index (χ1v) is 11.8.